The second kappa shape index (κ2) is 6.55. The molecule has 2 aromatic rings. The van der Waals surface area contributed by atoms with E-state index < -0.39 is 0 Å². The summed E-state index contributed by atoms with van der Waals surface area (Å²) >= 11 is 0. The number of rotatable bonds is 7. The Morgan fingerprint density at radius 3 is 2.78 bits per heavy atom. The molecule has 0 aliphatic carbocycles. The third-order valence-corrected chi connectivity index (χ3v) is 3.29. The quantitative estimate of drug-likeness (QED) is 0.762. The fraction of sp³-hybridized carbons (Fsp3) is 0.533. The minimum absolute atomic E-state index is 0.797. The molecular weight excluding hydrogens is 222 g/mol. The Bertz CT molecular complexity index is 487. The molecule has 1 heterocycles. The third-order valence-electron chi connectivity index (χ3n) is 3.29. The Kier molecular flexibility index (Phi) is 4.76. The lowest BCUT2D eigenvalue weighted by atomic mass is 10.2. The van der Waals surface area contributed by atoms with Gasteiger partial charge >= 0.3 is 0 Å². The van der Waals surface area contributed by atoms with E-state index in [1.54, 1.807) is 0 Å². The molecule has 2 N–H and O–H groups in total. The molecule has 3 heteroatoms. The molecule has 0 bridgehead atoms. The van der Waals surface area contributed by atoms with E-state index >= 15 is 0 Å². The summed E-state index contributed by atoms with van der Waals surface area (Å²) in [6.45, 7) is 4.07. The van der Waals surface area contributed by atoms with Crippen LogP contribution in [0.4, 0.5) is 0 Å². The van der Waals surface area contributed by atoms with Crippen molar-refractivity contribution in [3.8, 4) is 0 Å². The second-order valence-electron chi connectivity index (χ2n) is 4.77. The Morgan fingerprint density at radius 1 is 1.17 bits per heavy atom. The number of hydrogen-bond donors (Lipinski definition) is 1. The molecule has 1 aromatic carbocycles. The van der Waals surface area contributed by atoms with Crippen LogP contribution in [0, 0.1) is 0 Å². The molecular formula is C15H23N3. The van der Waals surface area contributed by atoms with Gasteiger partial charge in [0.1, 0.15) is 5.82 Å². The van der Waals surface area contributed by atoms with E-state index in [4.69, 9.17) is 10.7 Å². The molecule has 3 nitrogen and oxygen atoms in total. The average molecular weight is 245 g/mol. The van der Waals surface area contributed by atoms with E-state index in [9.17, 15) is 0 Å². The van der Waals surface area contributed by atoms with Gasteiger partial charge in [0.05, 0.1) is 11.0 Å². The van der Waals surface area contributed by atoms with Crippen molar-refractivity contribution in [2.75, 3.05) is 6.54 Å². The van der Waals surface area contributed by atoms with Crippen molar-refractivity contribution in [3.63, 3.8) is 0 Å². The summed E-state index contributed by atoms with van der Waals surface area (Å²) < 4.78 is 2.37. The molecule has 0 aliphatic heterocycles. The first-order valence-corrected chi connectivity index (χ1v) is 7.01. The summed E-state index contributed by atoms with van der Waals surface area (Å²) in [7, 11) is 0. The summed E-state index contributed by atoms with van der Waals surface area (Å²) in [5, 5.41) is 0. The van der Waals surface area contributed by atoms with Crippen LogP contribution in [0.2, 0.25) is 0 Å². The van der Waals surface area contributed by atoms with Gasteiger partial charge in [-0.05, 0) is 37.9 Å². The van der Waals surface area contributed by atoms with E-state index in [0.29, 0.717) is 0 Å². The molecule has 18 heavy (non-hydrogen) atoms. The molecule has 0 aliphatic rings. The van der Waals surface area contributed by atoms with Crippen molar-refractivity contribution in [1.29, 1.82) is 0 Å². The van der Waals surface area contributed by atoms with Crippen LogP contribution < -0.4 is 5.73 Å². The first kappa shape index (κ1) is 13.1. The van der Waals surface area contributed by atoms with Crippen LogP contribution >= 0.6 is 0 Å². The Hall–Kier alpha value is -1.35. The molecule has 1 aromatic heterocycles. The number of fused-ring (bicyclic) bond motifs is 1. The second-order valence-corrected chi connectivity index (χ2v) is 4.77. The van der Waals surface area contributed by atoms with E-state index in [-0.39, 0.29) is 0 Å². The van der Waals surface area contributed by atoms with Crippen molar-refractivity contribution in [2.24, 2.45) is 5.73 Å². The normalized spacial score (nSPS) is 11.2. The highest BCUT2D eigenvalue weighted by atomic mass is 15.1. The molecule has 0 radical (unpaired) electrons. The van der Waals surface area contributed by atoms with Gasteiger partial charge in [-0.3, -0.25) is 0 Å². The predicted octanol–water partition coefficient (Wildman–Crippen LogP) is 3.12. The third kappa shape index (κ3) is 2.91. The van der Waals surface area contributed by atoms with Gasteiger partial charge in [-0.25, -0.2) is 4.98 Å². The van der Waals surface area contributed by atoms with Gasteiger partial charge in [0, 0.05) is 13.0 Å². The Morgan fingerprint density at radius 2 is 2.00 bits per heavy atom. The highest BCUT2D eigenvalue weighted by molar-refractivity contribution is 5.75. The van der Waals surface area contributed by atoms with Gasteiger partial charge in [0.2, 0.25) is 0 Å². The molecule has 0 spiro atoms. The van der Waals surface area contributed by atoms with Gasteiger partial charge in [-0.1, -0.05) is 25.5 Å². The zero-order valence-electron chi connectivity index (χ0n) is 11.2. The maximum Gasteiger partial charge on any atom is 0.109 e. The van der Waals surface area contributed by atoms with E-state index in [1.807, 2.05) is 0 Å². The van der Waals surface area contributed by atoms with Crippen molar-refractivity contribution in [2.45, 2.75) is 45.6 Å². The Balaban J connectivity index is 2.17. The zero-order valence-corrected chi connectivity index (χ0v) is 11.2. The first-order chi connectivity index (χ1) is 8.86. The van der Waals surface area contributed by atoms with Crippen molar-refractivity contribution >= 4 is 11.0 Å². The molecule has 0 unspecified atom stereocenters. The lowest BCUT2D eigenvalue weighted by Gasteiger charge is -2.07. The lowest BCUT2D eigenvalue weighted by Crippen LogP contribution is -2.04. The van der Waals surface area contributed by atoms with E-state index in [1.165, 1.54) is 24.2 Å². The molecule has 2 rings (SSSR count). The van der Waals surface area contributed by atoms with Crippen LogP contribution in [0.1, 0.15) is 38.4 Å². The standard InChI is InChI=1S/C15H23N3/c1-2-12-18-14-9-6-5-8-13(14)17-15(18)10-4-3-7-11-16/h5-6,8-9H,2-4,7,10-12,16H2,1H3. The number of nitrogens with two attached hydrogens (primary N) is 1. The summed E-state index contributed by atoms with van der Waals surface area (Å²) in [6, 6.07) is 8.42. The minimum Gasteiger partial charge on any atom is -0.330 e. The topological polar surface area (TPSA) is 43.8 Å². The fourth-order valence-corrected chi connectivity index (χ4v) is 2.39. The van der Waals surface area contributed by atoms with Crippen LogP contribution in [0.5, 0.6) is 0 Å². The molecule has 0 fully saturated rings. The maximum absolute atomic E-state index is 5.53. The summed E-state index contributed by atoms with van der Waals surface area (Å²) in [5.74, 6) is 1.23. The van der Waals surface area contributed by atoms with Crippen molar-refractivity contribution in [3.05, 3.63) is 30.1 Å². The highest BCUT2D eigenvalue weighted by Crippen LogP contribution is 2.18. The Labute approximate surface area is 109 Å². The summed E-state index contributed by atoms with van der Waals surface area (Å²) in [6.07, 6.45) is 5.72. The number of hydrogen-bond acceptors (Lipinski definition) is 2. The fourth-order valence-electron chi connectivity index (χ4n) is 2.39. The van der Waals surface area contributed by atoms with Gasteiger partial charge in [-0.15, -0.1) is 0 Å². The van der Waals surface area contributed by atoms with E-state index in [2.05, 4.69) is 35.8 Å². The largest absolute Gasteiger partial charge is 0.330 e. The number of para-hydroxylation sites is 2. The van der Waals surface area contributed by atoms with Crippen LogP contribution in [0.3, 0.4) is 0 Å². The van der Waals surface area contributed by atoms with Crippen LogP contribution in [0.15, 0.2) is 24.3 Å². The maximum atomic E-state index is 5.53. The number of aryl methyl sites for hydroxylation is 2. The molecule has 0 amide bonds. The van der Waals surface area contributed by atoms with Gasteiger partial charge < -0.3 is 10.3 Å². The lowest BCUT2D eigenvalue weighted by molar-refractivity contribution is 0.614. The van der Waals surface area contributed by atoms with Crippen LogP contribution in [-0.2, 0) is 13.0 Å². The number of aromatic nitrogens is 2. The summed E-state index contributed by atoms with van der Waals surface area (Å²) in [5.41, 5.74) is 7.92. The molecule has 0 saturated carbocycles. The molecule has 0 saturated heterocycles. The summed E-state index contributed by atoms with van der Waals surface area (Å²) in [4.78, 5) is 4.76. The number of imidazole rings is 1. The number of unbranched alkanes of at least 4 members (excludes halogenated alkanes) is 2. The van der Waals surface area contributed by atoms with Crippen molar-refractivity contribution in [1.82, 2.24) is 9.55 Å². The minimum atomic E-state index is 0.797. The van der Waals surface area contributed by atoms with Gasteiger partial charge in [-0.2, -0.15) is 0 Å². The highest BCUT2D eigenvalue weighted by Gasteiger charge is 2.08. The van der Waals surface area contributed by atoms with Gasteiger partial charge in [0.15, 0.2) is 0 Å². The van der Waals surface area contributed by atoms with Crippen LogP contribution in [-0.4, -0.2) is 16.1 Å². The average Bonchev–Trinajstić information content (AvgIpc) is 2.74. The molecule has 0 atom stereocenters. The molecule has 98 valence electrons. The smallest absolute Gasteiger partial charge is 0.109 e. The predicted molar refractivity (Wildman–Crippen MR) is 76.6 cm³/mol. The van der Waals surface area contributed by atoms with E-state index in [0.717, 1.165) is 37.9 Å². The number of benzene rings is 1. The zero-order chi connectivity index (χ0) is 12.8. The van der Waals surface area contributed by atoms with Gasteiger partial charge in [0.25, 0.3) is 0 Å². The monoisotopic (exact) mass is 245 g/mol. The van der Waals surface area contributed by atoms with Crippen LogP contribution in [0.25, 0.3) is 11.0 Å². The number of nitrogens with zero attached hydrogens (tertiary/aromatic N) is 2. The van der Waals surface area contributed by atoms with Crippen molar-refractivity contribution < 1.29 is 0 Å². The first-order valence-electron chi connectivity index (χ1n) is 7.01. The SMILES string of the molecule is CCCn1c(CCCCCN)nc2ccccc21.